The second kappa shape index (κ2) is 8.83. The molecule has 0 radical (unpaired) electrons. The third-order valence-corrected chi connectivity index (χ3v) is 6.38. The fraction of sp³-hybridized carbons (Fsp3) is 0.632. The van der Waals surface area contributed by atoms with Crippen LogP contribution in [0.1, 0.15) is 18.4 Å². The summed E-state index contributed by atoms with van der Waals surface area (Å²) in [6.07, 6.45) is 1.27. The maximum atomic E-state index is 12.5. The molecule has 5 nitrogen and oxygen atoms in total. The standard InChI is InChI=1S/C19H31NO4Si/c1-25(2,3)13-12-24-18(22)20-11-7-10-19(20,15-21)16-23-14-17-8-5-4-6-9-17/h4-6,8-9,21H,7,10-16H2,1-3H3. The first-order chi connectivity index (χ1) is 11.9. The largest absolute Gasteiger partial charge is 0.450 e. The van der Waals surface area contributed by atoms with Crippen molar-refractivity contribution in [3.8, 4) is 0 Å². The van der Waals surface area contributed by atoms with Crippen LogP contribution in [0.2, 0.25) is 25.7 Å². The molecule has 1 unspecified atom stereocenters. The molecule has 1 saturated heterocycles. The van der Waals surface area contributed by atoms with Crippen LogP contribution in [-0.4, -0.2) is 56.1 Å². The van der Waals surface area contributed by atoms with E-state index >= 15 is 0 Å². The Morgan fingerprint density at radius 2 is 2.00 bits per heavy atom. The Bertz CT molecular complexity index is 546. The number of likely N-dealkylation sites (tertiary alicyclic amines) is 1. The van der Waals surface area contributed by atoms with Gasteiger partial charge in [0.05, 0.1) is 32.0 Å². The van der Waals surface area contributed by atoms with Crippen molar-refractivity contribution in [3.05, 3.63) is 35.9 Å². The number of carbonyl (C=O) groups is 1. The van der Waals surface area contributed by atoms with Gasteiger partial charge in [-0.25, -0.2) is 4.79 Å². The lowest BCUT2D eigenvalue weighted by molar-refractivity contribution is -0.0227. The predicted molar refractivity (Wildman–Crippen MR) is 101 cm³/mol. The molecule has 1 aromatic rings. The molecule has 1 aromatic carbocycles. The molecule has 1 heterocycles. The minimum atomic E-state index is -1.24. The molecule has 1 atom stereocenters. The van der Waals surface area contributed by atoms with Gasteiger partial charge in [-0.3, -0.25) is 4.90 Å². The highest BCUT2D eigenvalue weighted by molar-refractivity contribution is 6.76. The molecule has 1 fully saturated rings. The molecule has 0 bridgehead atoms. The van der Waals surface area contributed by atoms with E-state index in [1.807, 2.05) is 30.3 Å². The molecule has 1 N–H and O–H groups in total. The van der Waals surface area contributed by atoms with Crippen LogP contribution in [0, 0.1) is 0 Å². The number of benzene rings is 1. The number of ether oxygens (including phenoxy) is 2. The van der Waals surface area contributed by atoms with Gasteiger partial charge in [-0.2, -0.15) is 0 Å². The van der Waals surface area contributed by atoms with Gasteiger partial charge in [0.15, 0.2) is 0 Å². The van der Waals surface area contributed by atoms with Crippen LogP contribution in [-0.2, 0) is 16.1 Å². The lowest BCUT2D eigenvalue weighted by atomic mass is 9.99. The summed E-state index contributed by atoms with van der Waals surface area (Å²) in [4.78, 5) is 14.2. The minimum absolute atomic E-state index is 0.106. The zero-order valence-corrected chi connectivity index (χ0v) is 16.7. The van der Waals surface area contributed by atoms with Gasteiger partial charge >= 0.3 is 6.09 Å². The van der Waals surface area contributed by atoms with Crippen molar-refractivity contribution in [2.24, 2.45) is 0 Å². The summed E-state index contributed by atoms with van der Waals surface area (Å²) in [6, 6.07) is 10.9. The Morgan fingerprint density at radius 3 is 2.64 bits per heavy atom. The summed E-state index contributed by atoms with van der Waals surface area (Å²) >= 11 is 0. The number of hydrogen-bond acceptors (Lipinski definition) is 4. The summed E-state index contributed by atoms with van der Waals surface area (Å²) in [6.45, 7) is 8.52. The maximum absolute atomic E-state index is 12.5. The van der Waals surface area contributed by atoms with E-state index in [0.29, 0.717) is 26.4 Å². The van der Waals surface area contributed by atoms with Gasteiger partial charge in [0.2, 0.25) is 0 Å². The molecule has 0 aliphatic carbocycles. The zero-order valence-electron chi connectivity index (χ0n) is 15.7. The number of carbonyl (C=O) groups excluding carboxylic acids is 1. The first-order valence-corrected chi connectivity index (χ1v) is 12.7. The van der Waals surface area contributed by atoms with Crippen molar-refractivity contribution in [2.45, 2.75) is 50.7 Å². The van der Waals surface area contributed by atoms with Gasteiger partial charge in [-0.05, 0) is 24.4 Å². The highest BCUT2D eigenvalue weighted by atomic mass is 28.3. The third kappa shape index (κ3) is 5.83. The summed E-state index contributed by atoms with van der Waals surface area (Å²) < 4.78 is 11.3. The molecule has 1 amide bonds. The highest BCUT2D eigenvalue weighted by Crippen LogP contribution is 2.30. The third-order valence-electron chi connectivity index (χ3n) is 4.67. The van der Waals surface area contributed by atoms with Crippen molar-refractivity contribution in [1.29, 1.82) is 0 Å². The van der Waals surface area contributed by atoms with Crippen LogP contribution in [0.5, 0.6) is 0 Å². The lowest BCUT2D eigenvalue weighted by Crippen LogP contribution is -2.53. The van der Waals surface area contributed by atoms with Crippen LogP contribution in [0.3, 0.4) is 0 Å². The van der Waals surface area contributed by atoms with Crippen molar-refractivity contribution < 1.29 is 19.4 Å². The van der Waals surface area contributed by atoms with Crippen molar-refractivity contribution in [3.63, 3.8) is 0 Å². The van der Waals surface area contributed by atoms with E-state index in [9.17, 15) is 9.90 Å². The molecule has 1 aliphatic heterocycles. The summed E-state index contributed by atoms with van der Waals surface area (Å²) in [7, 11) is -1.24. The molecule has 140 valence electrons. The lowest BCUT2D eigenvalue weighted by Gasteiger charge is -2.36. The molecule has 1 aliphatic rings. The Kier molecular flexibility index (Phi) is 7.04. The fourth-order valence-corrected chi connectivity index (χ4v) is 3.75. The molecule has 2 rings (SSSR count). The van der Waals surface area contributed by atoms with Crippen molar-refractivity contribution >= 4 is 14.2 Å². The first-order valence-electron chi connectivity index (χ1n) is 9.03. The molecule has 0 spiro atoms. The SMILES string of the molecule is C[Si](C)(C)CCOC(=O)N1CCCC1(CO)COCc1ccccc1. The van der Waals surface area contributed by atoms with Gasteiger partial charge in [0.1, 0.15) is 0 Å². The second-order valence-electron chi connectivity index (χ2n) is 8.04. The highest BCUT2D eigenvalue weighted by Gasteiger charge is 2.44. The van der Waals surface area contributed by atoms with Crippen LogP contribution >= 0.6 is 0 Å². The number of aliphatic hydroxyl groups excluding tert-OH is 1. The Morgan fingerprint density at radius 1 is 1.28 bits per heavy atom. The molecule has 0 saturated carbocycles. The van der Waals surface area contributed by atoms with Gasteiger partial charge < -0.3 is 14.6 Å². The van der Waals surface area contributed by atoms with E-state index < -0.39 is 13.6 Å². The predicted octanol–water partition coefficient (Wildman–Crippen LogP) is 3.50. The summed E-state index contributed by atoms with van der Waals surface area (Å²) in [5, 5.41) is 9.97. The molecule has 0 aromatic heterocycles. The molecule has 6 heteroatoms. The van der Waals surface area contributed by atoms with Gasteiger partial charge in [0, 0.05) is 14.6 Å². The summed E-state index contributed by atoms with van der Waals surface area (Å²) in [5.74, 6) is 0. The summed E-state index contributed by atoms with van der Waals surface area (Å²) in [5.41, 5.74) is 0.420. The van der Waals surface area contributed by atoms with E-state index in [4.69, 9.17) is 9.47 Å². The quantitative estimate of drug-likeness (QED) is 0.716. The number of amides is 1. The van der Waals surface area contributed by atoms with Crippen molar-refractivity contribution in [2.75, 3.05) is 26.4 Å². The average molecular weight is 366 g/mol. The normalized spacial score (nSPS) is 20.7. The van der Waals surface area contributed by atoms with Gasteiger partial charge in [0.25, 0.3) is 0 Å². The smallest absolute Gasteiger partial charge is 0.410 e. The van der Waals surface area contributed by atoms with E-state index in [0.717, 1.165) is 24.4 Å². The number of hydrogen-bond donors (Lipinski definition) is 1. The van der Waals surface area contributed by atoms with Crippen molar-refractivity contribution in [1.82, 2.24) is 4.90 Å². The molecular weight excluding hydrogens is 334 g/mol. The number of aliphatic hydroxyl groups is 1. The topological polar surface area (TPSA) is 59.0 Å². The second-order valence-corrected chi connectivity index (χ2v) is 13.7. The number of nitrogens with zero attached hydrogens (tertiary/aromatic N) is 1. The van der Waals surface area contributed by atoms with Gasteiger partial charge in [-0.15, -0.1) is 0 Å². The van der Waals surface area contributed by atoms with Crippen LogP contribution < -0.4 is 0 Å². The van der Waals surface area contributed by atoms with E-state index in [1.165, 1.54) is 0 Å². The van der Waals surface area contributed by atoms with E-state index in [-0.39, 0.29) is 12.7 Å². The minimum Gasteiger partial charge on any atom is -0.450 e. The van der Waals surface area contributed by atoms with Crippen LogP contribution in [0.15, 0.2) is 30.3 Å². The zero-order chi connectivity index (χ0) is 18.3. The van der Waals surface area contributed by atoms with Crippen LogP contribution in [0.4, 0.5) is 4.79 Å². The first kappa shape index (κ1) is 19.9. The molecule has 25 heavy (non-hydrogen) atoms. The van der Waals surface area contributed by atoms with E-state index in [2.05, 4.69) is 19.6 Å². The van der Waals surface area contributed by atoms with Crippen LogP contribution in [0.25, 0.3) is 0 Å². The number of rotatable bonds is 8. The molecular formula is C19H31NO4Si. The Hall–Kier alpha value is -1.37. The maximum Gasteiger partial charge on any atom is 0.410 e. The fourth-order valence-electron chi connectivity index (χ4n) is 3.04. The van der Waals surface area contributed by atoms with E-state index in [1.54, 1.807) is 4.90 Å². The van der Waals surface area contributed by atoms with Gasteiger partial charge in [-0.1, -0.05) is 50.0 Å². The monoisotopic (exact) mass is 365 g/mol. The Labute approximate surface area is 151 Å². The Balaban J connectivity index is 1.89. The average Bonchev–Trinajstić information content (AvgIpc) is 2.99.